The Morgan fingerprint density at radius 1 is 1.40 bits per heavy atom. The summed E-state index contributed by atoms with van der Waals surface area (Å²) in [6.07, 6.45) is -0.424. The van der Waals surface area contributed by atoms with Crippen molar-refractivity contribution in [2.75, 3.05) is 6.54 Å². The van der Waals surface area contributed by atoms with E-state index in [9.17, 15) is 13.6 Å². The van der Waals surface area contributed by atoms with Gasteiger partial charge in [0, 0.05) is 31.5 Å². The first kappa shape index (κ1) is 10.6. The van der Waals surface area contributed by atoms with Gasteiger partial charge in [-0.15, -0.1) is 0 Å². The standard InChI is InChI=1S/C10H16F2N2O/c1-6-5-14(7(6)2)9(15)13-8-3-10(11,12)4-8/h6-8H,3-5H2,1-2H3,(H,13,15). The van der Waals surface area contributed by atoms with Crippen molar-refractivity contribution in [3.63, 3.8) is 0 Å². The van der Waals surface area contributed by atoms with E-state index in [1.807, 2.05) is 6.92 Å². The molecule has 3 nitrogen and oxygen atoms in total. The Bertz CT molecular complexity index is 275. The number of urea groups is 1. The first-order valence-electron chi connectivity index (χ1n) is 5.34. The Morgan fingerprint density at radius 3 is 2.40 bits per heavy atom. The molecule has 1 saturated heterocycles. The summed E-state index contributed by atoms with van der Waals surface area (Å²) < 4.78 is 25.0. The van der Waals surface area contributed by atoms with E-state index < -0.39 is 5.92 Å². The fraction of sp³-hybridized carbons (Fsp3) is 0.900. The van der Waals surface area contributed by atoms with Crippen molar-refractivity contribution in [2.45, 2.75) is 44.7 Å². The number of hydrogen-bond acceptors (Lipinski definition) is 1. The Labute approximate surface area is 87.8 Å². The molecule has 0 aromatic heterocycles. The van der Waals surface area contributed by atoms with Crippen LogP contribution in [0.2, 0.25) is 0 Å². The fourth-order valence-electron chi connectivity index (χ4n) is 2.09. The lowest BCUT2D eigenvalue weighted by atomic mass is 9.88. The van der Waals surface area contributed by atoms with Crippen LogP contribution in [0, 0.1) is 5.92 Å². The molecular weight excluding hydrogens is 202 g/mol. The second-order valence-electron chi connectivity index (χ2n) is 4.78. The number of carbonyl (C=O) groups is 1. The maximum atomic E-state index is 12.5. The molecule has 1 heterocycles. The molecule has 15 heavy (non-hydrogen) atoms. The highest BCUT2D eigenvalue weighted by Gasteiger charge is 2.47. The van der Waals surface area contributed by atoms with Gasteiger partial charge >= 0.3 is 6.03 Å². The van der Waals surface area contributed by atoms with Gasteiger partial charge in [-0.1, -0.05) is 6.92 Å². The highest BCUT2D eigenvalue weighted by atomic mass is 19.3. The molecule has 2 unspecified atom stereocenters. The zero-order valence-corrected chi connectivity index (χ0v) is 8.96. The van der Waals surface area contributed by atoms with Crippen molar-refractivity contribution < 1.29 is 13.6 Å². The minimum Gasteiger partial charge on any atom is -0.335 e. The van der Waals surface area contributed by atoms with Gasteiger partial charge in [-0.2, -0.15) is 0 Å². The fourth-order valence-corrected chi connectivity index (χ4v) is 2.09. The van der Waals surface area contributed by atoms with Crippen LogP contribution in [-0.4, -0.2) is 35.5 Å². The Hall–Kier alpha value is -0.870. The highest BCUT2D eigenvalue weighted by Crippen LogP contribution is 2.37. The third-order valence-electron chi connectivity index (χ3n) is 3.48. The predicted octanol–water partition coefficient (Wildman–Crippen LogP) is 1.83. The van der Waals surface area contributed by atoms with Crippen molar-refractivity contribution in [3.8, 4) is 0 Å². The molecule has 1 N–H and O–H groups in total. The third-order valence-corrected chi connectivity index (χ3v) is 3.48. The molecule has 0 aromatic rings. The van der Waals surface area contributed by atoms with Gasteiger partial charge in [0.05, 0.1) is 0 Å². The number of rotatable bonds is 1. The van der Waals surface area contributed by atoms with Crippen molar-refractivity contribution >= 4 is 6.03 Å². The van der Waals surface area contributed by atoms with Crippen LogP contribution >= 0.6 is 0 Å². The highest BCUT2D eigenvalue weighted by molar-refractivity contribution is 5.76. The molecule has 2 atom stereocenters. The van der Waals surface area contributed by atoms with Gasteiger partial charge in [0.25, 0.3) is 5.92 Å². The number of nitrogens with zero attached hydrogens (tertiary/aromatic N) is 1. The molecule has 86 valence electrons. The van der Waals surface area contributed by atoms with Gasteiger partial charge in [0.15, 0.2) is 0 Å². The third kappa shape index (κ3) is 1.92. The number of alkyl halides is 2. The van der Waals surface area contributed by atoms with Crippen LogP contribution in [0.3, 0.4) is 0 Å². The molecule has 5 heteroatoms. The first-order valence-corrected chi connectivity index (χ1v) is 5.34. The molecule has 2 amide bonds. The number of likely N-dealkylation sites (tertiary alicyclic amines) is 1. The van der Waals surface area contributed by atoms with Crippen molar-refractivity contribution in [1.82, 2.24) is 10.2 Å². The van der Waals surface area contributed by atoms with Crippen molar-refractivity contribution in [1.29, 1.82) is 0 Å². The molecule has 2 aliphatic rings. The average molecular weight is 218 g/mol. The quantitative estimate of drug-likeness (QED) is 0.715. The van der Waals surface area contributed by atoms with E-state index in [0.29, 0.717) is 5.92 Å². The molecule has 1 saturated carbocycles. The molecule has 0 radical (unpaired) electrons. The Kier molecular flexibility index (Phi) is 2.35. The average Bonchev–Trinajstić information content (AvgIpc) is 2.10. The maximum Gasteiger partial charge on any atom is 0.317 e. The summed E-state index contributed by atoms with van der Waals surface area (Å²) in [7, 11) is 0. The van der Waals surface area contributed by atoms with Gasteiger partial charge < -0.3 is 10.2 Å². The molecule has 0 bridgehead atoms. The van der Waals surface area contributed by atoms with E-state index in [-0.39, 0.29) is 31.0 Å². The van der Waals surface area contributed by atoms with Gasteiger partial charge in [-0.05, 0) is 12.8 Å². The zero-order valence-electron chi connectivity index (χ0n) is 8.96. The van der Waals surface area contributed by atoms with Crippen LogP contribution in [0.15, 0.2) is 0 Å². The summed E-state index contributed by atoms with van der Waals surface area (Å²) >= 11 is 0. The Balaban J connectivity index is 1.75. The summed E-state index contributed by atoms with van der Waals surface area (Å²) in [5.41, 5.74) is 0. The van der Waals surface area contributed by atoms with Gasteiger partial charge in [-0.3, -0.25) is 0 Å². The molecule has 1 aliphatic heterocycles. The van der Waals surface area contributed by atoms with E-state index in [2.05, 4.69) is 12.2 Å². The number of halogens is 2. The molecule has 1 aliphatic carbocycles. The zero-order chi connectivity index (χ0) is 11.2. The minimum absolute atomic E-state index is 0.193. The topological polar surface area (TPSA) is 32.3 Å². The molecule has 2 fully saturated rings. The molecule has 0 spiro atoms. The molecular formula is C10H16F2N2O. The van der Waals surface area contributed by atoms with E-state index in [1.165, 1.54) is 0 Å². The summed E-state index contributed by atoms with van der Waals surface area (Å²) in [5, 5.41) is 2.63. The number of carbonyl (C=O) groups excluding carboxylic acids is 1. The van der Waals surface area contributed by atoms with Crippen molar-refractivity contribution in [3.05, 3.63) is 0 Å². The maximum absolute atomic E-state index is 12.5. The second-order valence-corrected chi connectivity index (χ2v) is 4.78. The summed E-state index contributed by atoms with van der Waals surface area (Å²) in [6, 6.07) is -0.303. The van der Waals surface area contributed by atoms with E-state index in [1.54, 1.807) is 4.90 Å². The van der Waals surface area contributed by atoms with Crippen LogP contribution in [0.5, 0.6) is 0 Å². The lowest BCUT2D eigenvalue weighted by molar-refractivity contribution is -0.0912. The normalized spacial score (nSPS) is 34.3. The van der Waals surface area contributed by atoms with E-state index in [4.69, 9.17) is 0 Å². The number of nitrogens with one attached hydrogen (secondary N) is 1. The SMILES string of the molecule is CC1CN(C(=O)NC2CC(F)(F)C2)C1C. The molecule has 2 rings (SSSR count). The Morgan fingerprint density at radius 2 is 2.00 bits per heavy atom. The van der Waals surface area contributed by atoms with E-state index in [0.717, 1.165) is 6.54 Å². The van der Waals surface area contributed by atoms with Crippen LogP contribution in [0.1, 0.15) is 26.7 Å². The number of amides is 2. The van der Waals surface area contributed by atoms with Gasteiger partial charge in [-0.25, -0.2) is 13.6 Å². The van der Waals surface area contributed by atoms with Crippen molar-refractivity contribution in [2.24, 2.45) is 5.92 Å². The summed E-state index contributed by atoms with van der Waals surface area (Å²) in [5.74, 6) is -2.05. The van der Waals surface area contributed by atoms with Crippen LogP contribution in [-0.2, 0) is 0 Å². The van der Waals surface area contributed by atoms with E-state index >= 15 is 0 Å². The monoisotopic (exact) mass is 218 g/mol. The number of hydrogen-bond donors (Lipinski definition) is 1. The first-order chi connectivity index (χ1) is 6.89. The van der Waals surface area contributed by atoms with Crippen LogP contribution in [0.4, 0.5) is 13.6 Å². The lowest BCUT2D eigenvalue weighted by Crippen LogP contribution is -2.62. The van der Waals surface area contributed by atoms with Crippen LogP contribution < -0.4 is 5.32 Å². The largest absolute Gasteiger partial charge is 0.335 e. The smallest absolute Gasteiger partial charge is 0.317 e. The van der Waals surface area contributed by atoms with Crippen LogP contribution in [0.25, 0.3) is 0 Å². The second kappa shape index (κ2) is 3.32. The minimum atomic E-state index is -2.56. The summed E-state index contributed by atoms with van der Waals surface area (Å²) in [6.45, 7) is 4.78. The van der Waals surface area contributed by atoms with Gasteiger partial charge in [0.2, 0.25) is 0 Å². The predicted molar refractivity (Wildman–Crippen MR) is 51.8 cm³/mol. The lowest BCUT2D eigenvalue weighted by Gasteiger charge is -2.46. The molecule has 0 aromatic carbocycles. The van der Waals surface area contributed by atoms with Gasteiger partial charge in [0.1, 0.15) is 0 Å². The summed E-state index contributed by atoms with van der Waals surface area (Å²) in [4.78, 5) is 13.3.